The lowest BCUT2D eigenvalue weighted by Gasteiger charge is -2.02. The molecule has 0 aliphatic rings. The van der Waals surface area contributed by atoms with E-state index in [4.69, 9.17) is 9.83 Å². The van der Waals surface area contributed by atoms with Gasteiger partial charge in [0, 0.05) is 23.8 Å². The normalized spacial score (nSPS) is 10.0. The molecule has 0 aliphatic heterocycles. The van der Waals surface area contributed by atoms with Gasteiger partial charge in [-0.25, -0.2) is 0 Å². The topological polar surface area (TPSA) is 70.8 Å². The highest BCUT2D eigenvalue weighted by atomic mass is 16.3. The van der Waals surface area contributed by atoms with Gasteiger partial charge < -0.3 is 4.42 Å². The maximum Gasteiger partial charge on any atom is 0.336 e. The molecule has 0 saturated carbocycles. The number of rotatable bonds is 3. The van der Waals surface area contributed by atoms with Crippen LogP contribution in [0.2, 0.25) is 0 Å². The Morgan fingerprint density at radius 1 is 1.09 bits per heavy atom. The van der Waals surface area contributed by atoms with E-state index in [2.05, 4.69) is 10.9 Å². The van der Waals surface area contributed by atoms with Crippen LogP contribution < -0.4 is 10.1 Å². The van der Waals surface area contributed by atoms with Crippen LogP contribution >= 0.6 is 0 Å². The summed E-state index contributed by atoms with van der Waals surface area (Å²) in [7, 11) is 0. The van der Waals surface area contributed by atoms with Crippen LogP contribution in [0.15, 0.2) is 76.2 Å². The zero-order valence-electron chi connectivity index (χ0n) is 11.6. The van der Waals surface area contributed by atoms with Gasteiger partial charge in [-0.05, 0) is 0 Å². The van der Waals surface area contributed by atoms with Crippen molar-refractivity contribution in [2.24, 2.45) is 0 Å². The molecule has 0 bridgehead atoms. The molecule has 5 heteroatoms. The maximum atomic E-state index is 11.9. The average molecular weight is 290 g/mol. The molecule has 0 saturated heterocycles. The summed E-state index contributed by atoms with van der Waals surface area (Å²) in [5.74, 6) is 2.73. The molecule has 0 spiro atoms. The number of aromatic nitrogens is 2. The third-order valence-corrected chi connectivity index (χ3v) is 3.03. The Kier molecular flexibility index (Phi) is 3.72. The van der Waals surface area contributed by atoms with Crippen molar-refractivity contribution in [1.82, 2.24) is 4.98 Å². The van der Waals surface area contributed by atoms with E-state index >= 15 is 0 Å². The van der Waals surface area contributed by atoms with Gasteiger partial charge in [-0.3, -0.25) is 10.2 Å². The molecule has 0 atom stereocenters. The summed E-state index contributed by atoms with van der Waals surface area (Å²) in [6.45, 7) is 0. The van der Waals surface area contributed by atoms with Gasteiger partial charge in [0.15, 0.2) is 12.4 Å². The van der Waals surface area contributed by atoms with E-state index in [9.17, 15) is 4.79 Å². The van der Waals surface area contributed by atoms with Crippen LogP contribution in [0, 0.1) is 5.41 Å². The quantitative estimate of drug-likeness (QED) is 0.593. The van der Waals surface area contributed by atoms with Gasteiger partial charge in [0.25, 0.3) is 5.56 Å². The van der Waals surface area contributed by atoms with E-state index in [1.165, 1.54) is 6.07 Å². The second-order valence-corrected chi connectivity index (χ2v) is 4.49. The lowest BCUT2D eigenvalue weighted by Crippen LogP contribution is -2.33. The highest BCUT2D eigenvalue weighted by Crippen LogP contribution is 2.19. The summed E-state index contributed by atoms with van der Waals surface area (Å²) in [4.78, 5) is 15.7. The van der Waals surface area contributed by atoms with Crippen LogP contribution in [0.1, 0.15) is 5.89 Å². The molecular weight excluding hydrogens is 278 g/mol. The van der Waals surface area contributed by atoms with E-state index < -0.39 is 5.56 Å². The van der Waals surface area contributed by atoms with E-state index in [1.807, 2.05) is 36.4 Å². The first-order chi connectivity index (χ1) is 10.8. The Labute approximate surface area is 126 Å². The van der Waals surface area contributed by atoms with E-state index in [-0.39, 0.29) is 11.6 Å². The number of pyridine rings is 1. The molecular formula is C17H12N3O2+. The van der Waals surface area contributed by atoms with E-state index in [1.54, 1.807) is 29.1 Å². The van der Waals surface area contributed by atoms with Crippen molar-refractivity contribution in [3.05, 3.63) is 83.2 Å². The molecule has 0 amide bonds. The molecule has 0 fully saturated rings. The van der Waals surface area contributed by atoms with Gasteiger partial charge in [0.05, 0.1) is 5.87 Å². The molecule has 2 aromatic heterocycles. The highest BCUT2D eigenvalue weighted by molar-refractivity contribution is 5.79. The van der Waals surface area contributed by atoms with Crippen LogP contribution in [-0.2, 0) is 0 Å². The molecule has 5 nitrogen and oxygen atoms in total. The van der Waals surface area contributed by atoms with Crippen molar-refractivity contribution in [1.29, 1.82) is 5.41 Å². The van der Waals surface area contributed by atoms with Crippen LogP contribution in [-0.4, -0.2) is 10.9 Å². The van der Waals surface area contributed by atoms with Crippen LogP contribution in [0.25, 0.3) is 17.0 Å². The molecule has 106 valence electrons. The summed E-state index contributed by atoms with van der Waals surface area (Å²) in [5, 5.41) is 7.47. The first-order valence-corrected chi connectivity index (χ1v) is 6.62. The van der Waals surface area contributed by atoms with Crippen molar-refractivity contribution in [3.63, 3.8) is 0 Å². The summed E-state index contributed by atoms with van der Waals surface area (Å²) < 4.78 is 7.32. The number of benzene rings is 1. The smallest absolute Gasteiger partial charge is 0.336 e. The van der Waals surface area contributed by atoms with Crippen molar-refractivity contribution in [2.75, 3.05) is 0 Å². The first-order valence-electron chi connectivity index (χ1n) is 6.62. The van der Waals surface area contributed by atoms with E-state index in [0.717, 1.165) is 5.56 Å². The predicted octanol–water partition coefficient (Wildman–Crippen LogP) is 2.13. The lowest BCUT2D eigenvalue weighted by atomic mass is 10.2. The third-order valence-electron chi connectivity index (χ3n) is 3.03. The fourth-order valence-electron chi connectivity index (χ4n) is 2.02. The van der Waals surface area contributed by atoms with E-state index in [0.29, 0.717) is 5.76 Å². The number of nitrogens with zero attached hydrogens (tertiary/aromatic N) is 2. The van der Waals surface area contributed by atoms with Gasteiger partial charge >= 0.3 is 11.6 Å². The molecule has 22 heavy (non-hydrogen) atoms. The minimum absolute atomic E-state index is 0.0533. The van der Waals surface area contributed by atoms with Crippen molar-refractivity contribution < 1.29 is 8.98 Å². The van der Waals surface area contributed by atoms with Crippen molar-refractivity contribution in [2.45, 2.75) is 0 Å². The molecule has 0 aliphatic carbocycles. The Morgan fingerprint density at radius 3 is 2.45 bits per heavy atom. The summed E-state index contributed by atoms with van der Waals surface area (Å²) in [5.41, 5.74) is 0.602. The molecule has 3 rings (SSSR count). The van der Waals surface area contributed by atoms with Crippen molar-refractivity contribution >= 4 is 11.6 Å². The number of hydrogen-bond donors (Lipinski definition) is 1. The van der Waals surface area contributed by atoms with Crippen molar-refractivity contribution in [3.8, 4) is 11.3 Å². The Morgan fingerprint density at radius 2 is 1.77 bits per heavy atom. The van der Waals surface area contributed by atoms with Gasteiger partial charge in [0.1, 0.15) is 5.76 Å². The molecule has 0 unspecified atom stereocenters. The molecule has 1 N–H and O–H groups in total. The second kappa shape index (κ2) is 5.99. The van der Waals surface area contributed by atoms with Gasteiger partial charge in [-0.1, -0.05) is 36.4 Å². The zero-order valence-corrected chi connectivity index (χ0v) is 11.6. The largest absolute Gasteiger partial charge is 0.432 e. The minimum Gasteiger partial charge on any atom is -0.432 e. The number of hydrogen-bond acceptors (Lipinski definition) is 4. The Bertz CT molecular complexity index is 896. The fourth-order valence-corrected chi connectivity index (χ4v) is 2.02. The molecule has 1 aromatic carbocycles. The molecule has 2 heterocycles. The van der Waals surface area contributed by atoms with Crippen LogP contribution in [0.3, 0.4) is 0 Å². The summed E-state index contributed by atoms with van der Waals surface area (Å²) >= 11 is 0. The SMILES string of the molecule is N=C=C(c1nc(=O)cc(-c2ccccc2)o1)[n+]1ccccc1. The highest BCUT2D eigenvalue weighted by Gasteiger charge is 2.19. The summed E-state index contributed by atoms with van der Waals surface area (Å²) in [6, 6.07) is 16.1. The fraction of sp³-hybridized carbons (Fsp3) is 0. The summed E-state index contributed by atoms with van der Waals surface area (Å²) in [6.07, 6.45) is 3.46. The standard InChI is InChI=1S/C17H12N3O2/c18-12-14(20-9-5-2-6-10-20)17-19-16(21)11-15(22-17)13-7-3-1-4-8-13/h1-11,18H/q+1. The number of nitrogens with one attached hydrogen (secondary N) is 1. The molecule has 3 aromatic rings. The first kappa shape index (κ1) is 13.7. The maximum absolute atomic E-state index is 11.9. The monoisotopic (exact) mass is 290 g/mol. The zero-order chi connectivity index (χ0) is 15.4. The predicted molar refractivity (Wildman–Crippen MR) is 81.4 cm³/mol. The average Bonchev–Trinajstić information content (AvgIpc) is 2.57. The minimum atomic E-state index is -0.426. The van der Waals surface area contributed by atoms with Crippen LogP contribution in [0.5, 0.6) is 0 Å². The molecule has 0 radical (unpaired) electrons. The van der Waals surface area contributed by atoms with Gasteiger partial charge in [0.2, 0.25) is 0 Å². The van der Waals surface area contributed by atoms with Crippen LogP contribution in [0.4, 0.5) is 0 Å². The van der Waals surface area contributed by atoms with Gasteiger partial charge in [-0.2, -0.15) is 9.55 Å². The lowest BCUT2D eigenvalue weighted by molar-refractivity contribution is -0.578. The Balaban J connectivity index is 2.14. The Hall–Kier alpha value is -3.30. The van der Waals surface area contributed by atoms with Gasteiger partial charge in [-0.15, -0.1) is 0 Å². The third kappa shape index (κ3) is 2.75. The second-order valence-electron chi connectivity index (χ2n) is 4.49.